The first-order valence-corrected chi connectivity index (χ1v) is 11.6. The number of nitrogens with zero attached hydrogens (tertiary/aromatic N) is 1. The second kappa shape index (κ2) is 11.1. The van der Waals surface area contributed by atoms with Gasteiger partial charge in [0.25, 0.3) is 0 Å². The number of rotatable bonds is 11. The van der Waals surface area contributed by atoms with Gasteiger partial charge in [-0.1, -0.05) is 38.1 Å². The molecule has 1 amide bonds. The molecule has 0 aliphatic rings. The molecule has 0 radical (unpaired) electrons. The molecule has 0 bridgehead atoms. The van der Waals surface area contributed by atoms with Crippen molar-refractivity contribution >= 4 is 22.1 Å². The summed E-state index contributed by atoms with van der Waals surface area (Å²) in [4.78, 5) is 23.8. The van der Waals surface area contributed by atoms with Gasteiger partial charge in [0.15, 0.2) is 0 Å². The molecule has 2 rings (SSSR count). The van der Waals surface area contributed by atoms with Gasteiger partial charge in [0, 0.05) is 13.1 Å². The number of hydrogen-bond acceptors (Lipinski definition) is 4. The van der Waals surface area contributed by atoms with Crippen molar-refractivity contribution in [3.05, 3.63) is 54.3 Å². The Bertz CT molecular complexity index is 1020. The second-order valence-corrected chi connectivity index (χ2v) is 9.51. The third kappa shape index (κ3) is 7.03. The topological polar surface area (TPSA) is 124 Å². The van der Waals surface area contributed by atoms with Gasteiger partial charge in [0.05, 0.1) is 4.90 Å². The number of hydrogen-bond donors (Lipinski definition) is 3. The Balaban J connectivity index is 1.98. The van der Waals surface area contributed by atoms with E-state index in [9.17, 15) is 32.6 Å². The lowest BCUT2D eigenvalue weighted by Gasteiger charge is -2.27. The van der Waals surface area contributed by atoms with E-state index in [-0.39, 0.29) is 42.6 Å². The molecule has 0 aromatic heterocycles. The minimum Gasteiger partial charge on any atom is -0.480 e. The van der Waals surface area contributed by atoms with Crippen LogP contribution in [0.2, 0.25) is 0 Å². The van der Waals surface area contributed by atoms with Crippen LogP contribution in [0.15, 0.2) is 53.4 Å². The van der Waals surface area contributed by atoms with Crippen molar-refractivity contribution in [1.29, 1.82) is 0 Å². The highest BCUT2D eigenvalue weighted by atomic mass is 32.2. The van der Waals surface area contributed by atoms with Crippen LogP contribution in [0.1, 0.15) is 26.7 Å². The second-order valence-electron chi connectivity index (χ2n) is 7.74. The molecule has 0 spiro atoms. The first kappa shape index (κ1) is 25.3. The molecule has 3 N–H and O–H groups in total. The molecule has 0 saturated heterocycles. The lowest BCUT2D eigenvalue weighted by molar-refractivity contribution is -0.143. The van der Waals surface area contributed by atoms with E-state index >= 15 is 0 Å². The van der Waals surface area contributed by atoms with Crippen LogP contribution >= 0.6 is 0 Å². The number of carboxylic acid groups (broad SMARTS) is 2. The molecule has 1 atom stereocenters. The molecule has 0 heterocycles. The maximum atomic E-state index is 13.1. The van der Waals surface area contributed by atoms with E-state index < -0.39 is 28.1 Å². The number of amides is 1. The van der Waals surface area contributed by atoms with Crippen LogP contribution in [0.5, 0.6) is 0 Å². The summed E-state index contributed by atoms with van der Waals surface area (Å²) in [5.74, 6) is -1.62. The predicted octanol–water partition coefficient (Wildman–Crippen LogP) is 3.64. The van der Waals surface area contributed by atoms with E-state index in [1.807, 2.05) is 0 Å². The van der Waals surface area contributed by atoms with Gasteiger partial charge >= 0.3 is 12.1 Å². The average Bonchev–Trinajstić information content (AvgIpc) is 2.72. The van der Waals surface area contributed by atoms with Crippen molar-refractivity contribution in [2.75, 3.05) is 13.1 Å². The number of nitrogens with one attached hydrogen (secondary N) is 1. The summed E-state index contributed by atoms with van der Waals surface area (Å²) in [6.45, 7) is 3.42. The van der Waals surface area contributed by atoms with Gasteiger partial charge in [-0.3, -0.25) is 4.90 Å². The van der Waals surface area contributed by atoms with E-state index in [0.717, 1.165) is 16.0 Å². The number of aliphatic carboxylic acids is 1. The fourth-order valence-electron chi connectivity index (χ4n) is 3.20. The van der Waals surface area contributed by atoms with Crippen LogP contribution < -0.4 is 4.72 Å². The average molecular weight is 467 g/mol. The number of sulfonamides is 1. The van der Waals surface area contributed by atoms with Gasteiger partial charge in [-0.15, -0.1) is 0 Å². The minimum absolute atomic E-state index is 0.0191. The quantitative estimate of drug-likeness (QED) is 0.435. The molecule has 174 valence electrons. The van der Waals surface area contributed by atoms with Gasteiger partial charge in [-0.25, -0.2) is 27.1 Å². The SMILES string of the molecule is CC(C)C[C@@H](C(=O)O)N(CCCNS(=O)(=O)c1ccc(-c2ccc(F)cc2)cc1)C(=O)O. The molecule has 10 heteroatoms. The van der Waals surface area contributed by atoms with Gasteiger partial charge in [-0.2, -0.15) is 0 Å². The molecule has 0 saturated carbocycles. The van der Waals surface area contributed by atoms with E-state index in [2.05, 4.69) is 4.72 Å². The Morgan fingerprint density at radius 1 is 1.00 bits per heavy atom. The zero-order valence-corrected chi connectivity index (χ0v) is 18.7. The maximum absolute atomic E-state index is 13.1. The van der Waals surface area contributed by atoms with Crippen molar-refractivity contribution in [3.8, 4) is 11.1 Å². The zero-order valence-electron chi connectivity index (χ0n) is 17.9. The lowest BCUT2D eigenvalue weighted by Crippen LogP contribution is -2.46. The highest BCUT2D eigenvalue weighted by Crippen LogP contribution is 2.21. The highest BCUT2D eigenvalue weighted by Gasteiger charge is 2.29. The smallest absolute Gasteiger partial charge is 0.408 e. The fraction of sp³-hybridized carbons (Fsp3) is 0.364. The van der Waals surface area contributed by atoms with E-state index in [0.29, 0.717) is 0 Å². The van der Waals surface area contributed by atoms with Crippen LogP contribution in [0.3, 0.4) is 0 Å². The Kier molecular flexibility index (Phi) is 8.73. The largest absolute Gasteiger partial charge is 0.480 e. The Morgan fingerprint density at radius 2 is 1.53 bits per heavy atom. The summed E-state index contributed by atoms with van der Waals surface area (Å²) < 4.78 is 40.5. The van der Waals surface area contributed by atoms with Crippen LogP contribution in [-0.4, -0.2) is 54.7 Å². The molecular formula is C22H27FN2O6S. The summed E-state index contributed by atoms with van der Waals surface area (Å²) >= 11 is 0. The molecular weight excluding hydrogens is 439 g/mol. The van der Waals surface area contributed by atoms with Crippen molar-refractivity contribution in [1.82, 2.24) is 9.62 Å². The van der Waals surface area contributed by atoms with Gasteiger partial charge < -0.3 is 10.2 Å². The van der Waals surface area contributed by atoms with Crippen molar-refractivity contribution in [3.63, 3.8) is 0 Å². The highest BCUT2D eigenvalue weighted by molar-refractivity contribution is 7.89. The minimum atomic E-state index is -3.83. The summed E-state index contributed by atoms with van der Waals surface area (Å²) in [6, 6.07) is 10.7. The predicted molar refractivity (Wildman–Crippen MR) is 117 cm³/mol. The van der Waals surface area contributed by atoms with E-state index in [1.54, 1.807) is 38.1 Å². The summed E-state index contributed by atoms with van der Waals surface area (Å²) in [5.41, 5.74) is 1.47. The monoisotopic (exact) mass is 466 g/mol. The van der Waals surface area contributed by atoms with Crippen molar-refractivity contribution < 1.29 is 32.6 Å². The lowest BCUT2D eigenvalue weighted by atomic mass is 10.0. The molecule has 0 aliphatic heterocycles. The maximum Gasteiger partial charge on any atom is 0.408 e. The van der Waals surface area contributed by atoms with Crippen LogP contribution in [0.4, 0.5) is 9.18 Å². The molecule has 0 unspecified atom stereocenters. The fourth-order valence-corrected chi connectivity index (χ4v) is 4.27. The van der Waals surface area contributed by atoms with Crippen LogP contribution in [-0.2, 0) is 14.8 Å². The zero-order chi connectivity index (χ0) is 23.9. The third-order valence-corrected chi connectivity index (χ3v) is 6.29. The van der Waals surface area contributed by atoms with Crippen LogP contribution in [0, 0.1) is 11.7 Å². The molecule has 0 fully saturated rings. The molecule has 8 nitrogen and oxygen atoms in total. The van der Waals surface area contributed by atoms with Crippen molar-refractivity contribution in [2.45, 2.75) is 37.6 Å². The Morgan fingerprint density at radius 3 is 2.00 bits per heavy atom. The molecule has 32 heavy (non-hydrogen) atoms. The van der Waals surface area contributed by atoms with Crippen molar-refractivity contribution in [2.24, 2.45) is 5.92 Å². The molecule has 2 aromatic rings. The third-order valence-electron chi connectivity index (χ3n) is 4.81. The number of halogens is 1. The summed E-state index contributed by atoms with van der Waals surface area (Å²) in [6.07, 6.45) is -1.09. The molecule has 2 aromatic carbocycles. The number of carbonyl (C=O) groups is 2. The van der Waals surface area contributed by atoms with Gasteiger partial charge in [-0.05, 0) is 54.2 Å². The Hall–Kier alpha value is -2.98. The molecule has 0 aliphatic carbocycles. The summed E-state index contributed by atoms with van der Waals surface area (Å²) in [7, 11) is -3.83. The normalized spacial score (nSPS) is 12.5. The van der Waals surface area contributed by atoms with Gasteiger partial charge in [0.1, 0.15) is 11.9 Å². The number of benzene rings is 2. The number of carboxylic acids is 1. The Labute approximate surface area is 186 Å². The standard InChI is InChI=1S/C22H27FN2O6S/c1-15(2)14-20(21(26)27)25(22(28)29)13-3-12-24-32(30,31)19-10-6-17(7-11-19)16-4-8-18(23)9-5-16/h4-11,15,20,24H,3,12-14H2,1-2H3,(H,26,27)(H,28,29)/t20-/m0/s1. The summed E-state index contributed by atoms with van der Waals surface area (Å²) in [5, 5.41) is 18.7. The first-order chi connectivity index (χ1) is 15.0. The van der Waals surface area contributed by atoms with Crippen LogP contribution in [0.25, 0.3) is 11.1 Å². The van der Waals surface area contributed by atoms with E-state index in [4.69, 9.17) is 0 Å². The van der Waals surface area contributed by atoms with E-state index in [1.165, 1.54) is 24.3 Å². The van der Waals surface area contributed by atoms with Gasteiger partial charge in [0.2, 0.25) is 10.0 Å². The first-order valence-electron chi connectivity index (χ1n) is 10.1.